The number of halogens is 3. The summed E-state index contributed by atoms with van der Waals surface area (Å²) < 4.78 is 41.9. The van der Waals surface area contributed by atoms with Crippen LogP contribution in [0.4, 0.5) is 13.2 Å². The Morgan fingerprint density at radius 2 is 2.10 bits per heavy atom. The van der Waals surface area contributed by atoms with Gasteiger partial charge < -0.3 is 19.6 Å². The summed E-state index contributed by atoms with van der Waals surface area (Å²) in [6.07, 6.45) is 1.03. The third-order valence-corrected chi connectivity index (χ3v) is 4.66. The number of rotatable bonds is 8. The van der Waals surface area contributed by atoms with E-state index in [4.69, 9.17) is 0 Å². The van der Waals surface area contributed by atoms with Gasteiger partial charge in [0.1, 0.15) is 16.9 Å². The molecule has 30 heavy (non-hydrogen) atoms. The van der Waals surface area contributed by atoms with Crippen molar-refractivity contribution in [2.45, 2.75) is 19.0 Å². The standard InChI is InChI=1S/C19H23F3N6O2/c1-23-14(11-27(2)9-10-28-7-3-4-8-28)16-15-13(5-6-24-16)17(29)26-18(25-15)30-12-19(20,21)22/h5-6,11H,1,3-4,7-10,12H2,2H3,(H,25,26,29)/b14-11-. The molecule has 3 heterocycles. The van der Waals surface area contributed by atoms with E-state index >= 15 is 0 Å². The zero-order chi connectivity index (χ0) is 21.7. The minimum absolute atomic E-state index is 0.119. The maximum atomic E-state index is 12.4. The average Bonchev–Trinajstić information content (AvgIpc) is 3.22. The van der Waals surface area contributed by atoms with E-state index in [1.165, 1.54) is 25.1 Å². The van der Waals surface area contributed by atoms with Crippen LogP contribution in [0.5, 0.6) is 11.9 Å². The molecule has 0 spiro atoms. The Balaban J connectivity index is 1.87. The van der Waals surface area contributed by atoms with Gasteiger partial charge in [-0.25, -0.2) is 0 Å². The van der Waals surface area contributed by atoms with E-state index in [-0.39, 0.29) is 16.6 Å². The minimum atomic E-state index is -4.56. The molecule has 0 amide bonds. The number of nitrogens with zero attached hydrogens (tertiary/aromatic N) is 6. The third-order valence-electron chi connectivity index (χ3n) is 4.66. The van der Waals surface area contributed by atoms with Gasteiger partial charge in [0, 0.05) is 32.5 Å². The van der Waals surface area contributed by atoms with Gasteiger partial charge in [-0.05, 0) is 38.7 Å². The lowest BCUT2D eigenvalue weighted by Gasteiger charge is -2.20. The second-order valence-electron chi connectivity index (χ2n) is 6.99. The molecule has 0 aromatic carbocycles. The summed E-state index contributed by atoms with van der Waals surface area (Å²) in [5.41, 5.74) is 0.739. The molecule has 1 N–H and O–H groups in total. The van der Waals surface area contributed by atoms with Gasteiger partial charge in [-0.15, -0.1) is 0 Å². The number of aromatic nitrogens is 3. The van der Waals surface area contributed by atoms with Crippen molar-refractivity contribution in [3.05, 3.63) is 24.2 Å². The van der Waals surface area contributed by atoms with E-state index in [0.29, 0.717) is 5.70 Å². The third kappa shape index (κ3) is 5.56. The predicted octanol–water partition coefficient (Wildman–Crippen LogP) is 2.70. The van der Waals surface area contributed by atoms with Crippen LogP contribution >= 0.6 is 0 Å². The molecule has 162 valence electrons. The van der Waals surface area contributed by atoms with Crippen LogP contribution in [0.25, 0.3) is 16.6 Å². The monoisotopic (exact) mass is 424 g/mol. The van der Waals surface area contributed by atoms with Gasteiger partial charge in [-0.1, -0.05) is 0 Å². The van der Waals surface area contributed by atoms with Crippen LogP contribution in [0.3, 0.4) is 0 Å². The normalized spacial score (nSPS) is 15.5. The lowest BCUT2D eigenvalue weighted by molar-refractivity contribution is -0.154. The summed E-state index contributed by atoms with van der Waals surface area (Å²) in [6, 6.07) is 0.858. The molecular weight excluding hydrogens is 401 g/mol. The largest absolute Gasteiger partial charge is 0.493 e. The molecule has 0 radical (unpaired) electrons. The van der Waals surface area contributed by atoms with Crippen LogP contribution in [0.2, 0.25) is 0 Å². The number of likely N-dealkylation sites (tertiary alicyclic amines) is 1. The van der Waals surface area contributed by atoms with Crippen LogP contribution in [0, 0.1) is 0 Å². The lowest BCUT2D eigenvalue weighted by atomic mass is 10.2. The molecule has 8 nitrogen and oxygen atoms in total. The van der Waals surface area contributed by atoms with Gasteiger partial charge in [0.05, 0.1) is 5.39 Å². The molecule has 1 fully saturated rings. The molecular formula is C19H23F3N6O2. The van der Waals surface area contributed by atoms with Gasteiger partial charge in [0.25, 0.3) is 0 Å². The fraction of sp³-hybridized carbons (Fsp3) is 0.474. The second kappa shape index (κ2) is 9.24. The maximum absolute atomic E-state index is 12.4. The Bertz CT molecular complexity index is 928. The summed E-state index contributed by atoms with van der Waals surface area (Å²) in [4.78, 5) is 20.1. The highest BCUT2D eigenvalue weighted by atomic mass is 19.4. The van der Waals surface area contributed by atoms with E-state index in [0.717, 1.165) is 26.2 Å². The molecule has 11 heteroatoms. The number of hydrogen-bond acceptors (Lipinski definition) is 8. The van der Waals surface area contributed by atoms with E-state index in [2.05, 4.69) is 36.3 Å². The van der Waals surface area contributed by atoms with E-state index < -0.39 is 24.7 Å². The molecule has 1 aliphatic rings. The van der Waals surface area contributed by atoms with Crippen LogP contribution < -0.4 is 4.74 Å². The molecule has 1 saturated heterocycles. The summed E-state index contributed by atoms with van der Waals surface area (Å²) in [5, 5.41) is 10.3. The number of aliphatic imine (C=N–C) groups is 1. The van der Waals surface area contributed by atoms with Crippen molar-refractivity contribution in [3.8, 4) is 11.9 Å². The quantitative estimate of drug-likeness (QED) is 0.652. The van der Waals surface area contributed by atoms with Crippen LogP contribution in [-0.4, -0.2) is 82.6 Å². The molecule has 1 aliphatic heterocycles. The van der Waals surface area contributed by atoms with E-state index in [1.807, 2.05) is 11.9 Å². The van der Waals surface area contributed by atoms with Gasteiger partial charge >= 0.3 is 12.2 Å². The van der Waals surface area contributed by atoms with Crippen molar-refractivity contribution in [3.63, 3.8) is 0 Å². The molecule has 0 unspecified atom stereocenters. The summed E-state index contributed by atoms with van der Waals surface area (Å²) in [5.74, 6) is -0.508. The number of hydrogen-bond donors (Lipinski definition) is 1. The molecule has 0 bridgehead atoms. The number of alkyl halides is 3. The molecule has 3 rings (SSSR count). The highest BCUT2D eigenvalue weighted by Gasteiger charge is 2.29. The average molecular weight is 424 g/mol. The Morgan fingerprint density at radius 1 is 1.37 bits per heavy atom. The zero-order valence-corrected chi connectivity index (χ0v) is 16.6. The summed E-state index contributed by atoms with van der Waals surface area (Å²) in [6.45, 7) is 5.83. The highest BCUT2D eigenvalue weighted by molar-refractivity contribution is 5.92. The predicted molar refractivity (Wildman–Crippen MR) is 106 cm³/mol. The van der Waals surface area contributed by atoms with Gasteiger partial charge in [0.15, 0.2) is 6.61 Å². The maximum Gasteiger partial charge on any atom is 0.422 e. The molecule has 2 aromatic rings. The minimum Gasteiger partial charge on any atom is -0.493 e. The smallest absolute Gasteiger partial charge is 0.422 e. The Morgan fingerprint density at radius 3 is 2.77 bits per heavy atom. The number of fused-ring (bicyclic) bond motifs is 1. The molecule has 0 atom stereocenters. The summed E-state index contributed by atoms with van der Waals surface area (Å²) >= 11 is 0. The Hall–Kier alpha value is -2.95. The first-order chi connectivity index (χ1) is 14.3. The first kappa shape index (κ1) is 21.8. The first-order valence-electron chi connectivity index (χ1n) is 9.43. The zero-order valence-electron chi connectivity index (χ0n) is 16.6. The van der Waals surface area contributed by atoms with Crippen molar-refractivity contribution in [1.29, 1.82) is 0 Å². The Labute approximate surface area is 171 Å². The van der Waals surface area contributed by atoms with Crippen molar-refractivity contribution in [2.24, 2.45) is 4.99 Å². The SMILES string of the molecule is C=N/C(=C\N(C)CCN1CCCC1)c1nccc2c(O)nc(OCC(F)(F)F)nc12. The fourth-order valence-electron chi connectivity index (χ4n) is 3.17. The fourth-order valence-corrected chi connectivity index (χ4v) is 3.17. The van der Waals surface area contributed by atoms with Crippen molar-refractivity contribution < 1.29 is 23.0 Å². The highest BCUT2D eigenvalue weighted by Crippen LogP contribution is 2.29. The van der Waals surface area contributed by atoms with Crippen LogP contribution in [0.15, 0.2) is 23.5 Å². The molecule has 0 aliphatic carbocycles. The number of pyridine rings is 1. The lowest BCUT2D eigenvalue weighted by Crippen LogP contribution is -2.29. The Kier molecular flexibility index (Phi) is 6.70. The molecule has 0 saturated carbocycles. The van der Waals surface area contributed by atoms with E-state index in [9.17, 15) is 18.3 Å². The van der Waals surface area contributed by atoms with Crippen molar-refractivity contribution in [2.75, 3.05) is 39.8 Å². The van der Waals surface area contributed by atoms with Crippen LogP contribution in [-0.2, 0) is 0 Å². The van der Waals surface area contributed by atoms with Gasteiger partial charge in [0.2, 0.25) is 5.88 Å². The van der Waals surface area contributed by atoms with Crippen molar-refractivity contribution >= 4 is 23.3 Å². The summed E-state index contributed by atoms with van der Waals surface area (Å²) in [7, 11) is 1.89. The van der Waals surface area contributed by atoms with Gasteiger partial charge in [-0.3, -0.25) is 9.98 Å². The first-order valence-corrected chi connectivity index (χ1v) is 9.43. The van der Waals surface area contributed by atoms with E-state index in [1.54, 1.807) is 6.20 Å². The number of aromatic hydroxyl groups is 1. The second-order valence-corrected chi connectivity index (χ2v) is 6.99. The number of likely N-dealkylation sites (N-methyl/N-ethyl adjacent to an activating group) is 1. The molecule has 2 aromatic heterocycles. The number of ether oxygens (including phenoxy) is 1. The van der Waals surface area contributed by atoms with Crippen LogP contribution in [0.1, 0.15) is 18.5 Å². The van der Waals surface area contributed by atoms with Crippen molar-refractivity contribution in [1.82, 2.24) is 24.8 Å². The topological polar surface area (TPSA) is 87.0 Å². The van der Waals surface area contributed by atoms with Gasteiger partial charge in [-0.2, -0.15) is 23.1 Å².